The highest BCUT2D eigenvalue weighted by molar-refractivity contribution is 6.30. The Bertz CT molecular complexity index is 546. The summed E-state index contributed by atoms with van der Waals surface area (Å²) in [6.07, 6.45) is 1.55. The summed E-state index contributed by atoms with van der Waals surface area (Å²) in [7, 11) is 0. The lowest BCUT2D eigenvalue weighted by atomic mass is 10.1. The van der Waals surface area contributed by atoms with Crippen LogP contribution in [0.4, 0.5) is 11.5 Å². The van der Waals surface area contributed by atoms with Crippen LogP contribution in [0.5, 0.6) is 0 Å². The van der Waals surface area contributed by atoms with E-state index in [0.717, 1.165) is 11.1 Å². The largest absolute Gasteiger partial charge is 0.396 e. The Kier molecular flexibility index (Phi) is 4.02. The third-order valence-electron chi connectivity index (χ3n) is 2.52. The van der Waals surface area contributed by atoms with Crippen molar-refractivity contribution in [2.45, 2.75) is 13.2 Å². The van der Waals surface area contributed by atoms with Gasteiger partial charge in [0, 0.05) is 12.7 Å². The summed E-state index contributed by atoms with van der Waals surface area (Å²) >= 11 is 5.78. The fraction of sp³-hybridized carbons (Fsp3) is 0.154. The number of hydrogen-bond donors (Lipinski definition) is 3. The van der Waals surface area contributed by atoms with Gasteiger partial charge in [-0.25, -0.2) is 4.98 Å². The van der Waals surface area contributed by atoms with Crippen LogP contribution in [0.3, 0.4) is 0 Å². The molecule has 94 valence electrons. The zero-order valence-corrected chi connectivity index (χ0v) is 10.5. The zero-order chi connectivity index (χ0) is 13.0. The van der Waals surface area contributed by atoms with Crippen molar-refractivity contribution < 1.29 is 5.11 Å². The molecule has 0 spiro atoms. The summed E-state index contributed by atoms with van der Waals surface area (Å²) < 4.78 is 0. The Labute approximate surface area is 110 Å². The van der Waals surface area contributed by atoms with Gasteiger partial charge in [0.1, 0.15) is 5.82 Å². The minimum absolute atomic E-state index is 0.0369. The van der Waals surface area contributed by atoms with E-state index >= 15 is 0 Å². The number of benzene rings is 1. The van der Waals surface area contributed by atoms with E-state index in [4.69, 9.17) is 22.4 Å². The number of nitrogens with two attached hydrogens (primary N) is 1. The summed E-state index contributed by atoms with van der Waals surface area (Å²) in [5, 5.41) is 12.7. The summed E-state index contributed by atoms with van der Waals surface area (Å²) in [6.45, 7) is 0.627. The van der Waals surface area contributed by atoms with E-state index in [2.05, 4.69) is 10.3 Å². The Morgan fingerprint density at radius 1 is 1.28 bits per heavy atom. The molecule has 0 amide bonds. The molecule has 2 aromatic rings. The van der Waals surface area contributed by atoms with Gasteiger partial charge in [0.15, 0.2) is 0 Å². The van der Waals surface area contributed by atoms with Crippen LogP contribution >= 0.6 is 11.6 Å². The predicted octanol–water partition coefficient (Wildman–Crippen LogP) is 2.42. The molecule has 4 nitrogen and oxygen atoms in total. The molecular weight excluding hydrogens is 250 g/mol. The first-order chi connectivity index (χ1) is 8.69. The maximum absolute atomic E-state index is 9.05. The zero-order valence-electron chi connectivity index (χ0n) is 9.73. The molecule has 1 heterocycles. The molecule has 4 N–H and O–H groups in total. The van der Waals surface area contributed by atoms with Crippen LogP contribution in [-0.4, -0.2) is 10.1 Å². The van der Waals surface area contributed by atoms with Crippen LogP contribution in [-0.2, 0) is 13.2 Å². The molecule has 0 bridgehead atoms. The van der Waals surface area contributed by atoms with Gasteiger partial charge in [0.25, 0.3) is 0 Å². The summed E-state index contributed by atoms with van der Waals surface area (Å²) in [4.78, 5) is 4.12. The molecule has 2 rings (SSSR count). The number of aliphatic hydroxyl groups is 1. The number of nitrogens with one attached hydrogen (secondary N) is 1. The fourth-order valence-electron chi connectivity index (χ4n) is 1.63. The number of pyridine rings is 1. The van der Waals surface area contributed by atoms with Gasteiger partial charge in [-0.05, 0) is 17.2 Å². The van der Waals surface area contributed by atoms with Gasteiger partial charge in [-0.3, -0.25) is 0 Å². The number of anilines is 2. The third kappa shape index (κ3) is 3.12. The molecule has 5 heteroatoms. The number of nitrogen functional groups attached to an aromatic ring is 1. The van der Waals surface area contributed by atoms with E-state index in [0.29, 0.717) is 23.1 Å². The van der Waals surface area contributed by atoms with Crippen molar-refractivity contribution in [2.75, 3.05) is 11.1 Å². The minimum Gasteiger partial charge on any atom is -0.396 e. The van der Waals surface area contributed by atoms with E-state index in [9.17, 15) is 0 Å². The molecule has 1 aromatic heterocycles. The van der Waals surface area contributed by atoms with Gasteiger partial charge < -0.3 is 16.2 Å². The van der Waals surface area contributed by atoms with Gasteiger partial charge in [0.05, 0.1) is 17.3 Å². The lowest BCUT2D eigenvalue weighted by Crippen LogP contribution is -2.04. The summed E-state index contributed by atoms with van der Waals surface area (Å²) in [6, 6.07) is 9.33. The first-order valence-electron chi connectivity index (χ1n) is 5.52. The van der Waals surface area contributed by atoms with Crippen molar-refractivity contribution in [1.29, 1.82) is 0 Å². The first kappa shape index (κ1) is 12.7. The lowest BCUT2D eigenvalue weighted by molar-refractivity contribution is 0.281. The number of rotatable bonds is 4. The standard InChI is InChI=1S/C13H14ClN3O/c14-11-5-12(15)13(17-7-11)16-6-9-2-1-3-10(4-9)8-18/h1-5,7,18H,6,8,15H2,(H,16,17). The van der Waals surface area contributed by atoms with E-state index in [1.807, 2.05) is 24.3 Å². The quantitative estimate of drug-likeness (QED) is 0.792. The lowest BCUT2D eigenvalue weighted by Gasteiger charge is -2.09. The van der Waals surface area contributed by atoms with Gasteiger partial charge in [0.2, 0.25) is 0 Å². The Morgan fingerprint density at radius 3 is 2.78 bits per heavy atom. The van der Waals surface area contributed by atoms with Gasteiger partial charge in [-0.15, -0.1) is 0 Å². The van der Waals surface area contributed by atoms with E-state index < -0.39 is 0 Å². The van der Waals surface area contributed by atoms with Crippen molar-refractivity contribution in [3.05, 3.63) is 52.7 Å². The second-order valence-electron chi connectivity index (χ2n) is 3.92. The third-order valence-corrected chi connectivity index (χ3v) is 2.72. The summed E-state index contributed by atoms with van der Waals surface area (Å²) in [5.41, 5.74) is 8.24. The van der Waals surface area contributed by atoms with E-state index in [1.54, 1.807) is 12.3 Å². The molecule has 0 aliphatic heterocycles. The van der Waals surface area contributed by atoms with Crippen molar-refractivity contribution in [3.8, 4) is 0 Å². The van der Waals surface area contributed by atoms with Crippen molar-refractivity contribution in [3.63, 3.8) is 0 Å². The molecule has 0 unspecified atom stereocenters. The molecular formula is C13H14ClN3O. The van der Waals surface area contributed by atoms with Gasteiger partial charge in [-0.2, -0.15) is 0 Å². The fourth-order valence-corrected chi connectivity index (χ4v) is 1.79. The first-order valence-corrected chi connectivity index (χ1v) is 5.90. The second-order valence-corrected chi connectivity index (χ2v) is 4.36. The van der Waals surface area contributed by atoms with E-state index in [1.165, 1.54) is 0 Å². The highest BCUT2D eigenvalue weighted by Crippen LogP contribution is 2.20. The number of hydrogen-bond acceptors (Lipinski definition) is 4. The minimum atomic E-state index is 0.0369. The second kappa shape index (κ2) is 5.71. The number of halogens is 1. The highest BCUT2D eigenvalue weighted by Gasteiger charge is 2.02. The normalized spacial score (nSPS) is 10.3. The van der Waals surface area contributed by atoms with Gasteiger partial charge in [-0.1, -0.05) is 35.9 Å². The topological polar surface area (TPSA) is 71.2 Å². The predicted molar refractivity (Wildman–Crippen MR) is 73.4 cm³/mol. The maximum atomic E-state index is 9.05. The van der Waals surface area contributed by atoms with Gasteiger partial charge >= 0.3 is 0 Å². The summed E-state index contributed by atoms with van der Waals surface area (Å²) in [5.74, 6) is 0.605. The SMILES string of the molecule is Nc1cc(Cl)cnc1NCc1cccc(CO)c1. The Morgan fingerprint density at radius 2 is 2.06 bits per heavy atom. The van der Waals surface area contributed by atoms with Crippen LogP contribution in [0.1, 0.15) is 11.1 Å². The van der Waals surface area contributed by atoms with Crippen LogP contribution in [0, 0.1) is 0 Å². The molecule has 1 aromatic carbocycles. The average Bonchev–Trinajstić information content (AvgIpc) is 2.38. The number of nitrogens with zero attached hydrogens (tertiary/aromatic N) is 1. The maximum Gasteiger partial charge on any atom is 0.149 e. The monoisotopic (exact) mass is 263 g/mol. The molecule has 0 fully saturated rings. The van der Waals surface area contributed by atoms with Crippen molar-refractivity contribution in [2.24, 2.45) is 0 Å². The average molecular weight is 264 g/mol. The van der Waals surface area contributed by atoms with Crippen LogP contribution in [0.25, 0.3) is 0 Å². The van der Waals surface area contributed by atoms with Crippen molar-refractivity contribution >= 4 is 23.1 Å². The molecule has 0 saturated carbocycles. The Balaban J connectivity index is 2.06. The number of aliphatic hydroxyl groups excluding tert-OH is 1. The van der Waals surface area contributed by atoms with E-state index in [-0.39, 0.29) is 6.61 Å². The van der Waals surface area contributed by atoms with Crippen LogP contribution < -0.4 is 11.1 Å². The smallest absolute Gasteiger partial charge is 0.149 e. The molecule has 18 heavy (non-hydrogen) atoms. The van der Waals surface area contributed by atoms with Crippen LogP contribution in [0.2, 0.25) is 5.02 Å². The number of aromatic nitrogens is 1. The highest BCUT2D eigenvalue weighted by atomic mass is 35.5. The van der Waals surface area contributed by atoms with Crippen molar-refractivity contribution in [1.82, 2.24) is 4.98 Å². The molecule has 0 aliphatic carbocycles. The Hall–Kier alpha value is -1.78. The molecule has 0 saturated heterocycles. The molecule has 0 aliphatic rings. The molecule has 0 radical (unpaired) electrons. The van der Waals surface area contributed by atoms with Crippen LogP contribution in [0.15, 0.2) is 36.5 Å². The molecule has 0 atom stereocenters.